The topological polar surface area (TPSA) is 29.5 Å². The van der Waals surface area contributed by atoms with Gasteiger partial charge in [0.05, 0.1) is 18.2 Å². The highest BCUT2D eigenvalue weighted by atomic mass is 79.9. The van der Waals surface area contributed by atoms with Crippen LogP contribution in [0.15, 0.2) is 12.1 Å². The van der Waals surface area contributed by atoms with Crippen molar-refractivity contribution < 1.29 is 14.2 Å². The monoisotopic (exact) mass is 282 g/mol. The Morgan fingerprint density at radius 2 is 2.29 bits per heavy atom. The average Bonchev–Trinajstić information content (AvgIpc) is 2.20. The Hall–Kier alpha value is -0.320. The number of aliphatic hydroxyl groups is 1. The Morgan fingerprint density at radius 1 is 1.64 bits per heavy atom. The predicted molar refractivity (Wildman–Crippen MR) is 56.7 cm³/mol. The van der Waals surface area contributed by atoms with Gasteiger partial charge in [-0.2, -0.15) is 0 Å². The fourth-order valence-electron chi connectivity index (χ4n) is 1.11. The van der Waals surface area contributed by atoms with Crippen molar-refractivity contribution in [1.82, 2.24) is 0 Å². The van der Waals surface area contributed by atoms with Gasteiger partial charge >= 0.3 is 0 Å². The van der Waals surface area contributed by atoms with Crippen LogP contribution in [0, 0.1) is 5.82 Å². The van der Waals surface area contributed by atoms with Crippen LogP contribution in [0.3, 0.4) is 0 Å². The lowest BCUT2D eigenvalue weighted by molar-refractivity contribution is 0.200. The van der Waals surface area contributed by atoms with E-state index in [9.17, 15) is 9.50 Å². The molecule has 78 valence electrons. The SMILES string of the molecule is COc1ccc(F)c(Cl)c1C(O)CBr. The first-order valence-corrected chi connectivity index (χ1v) is 5.37. The van der Waals surface area contributed by atoms with Crippen LogP contribution < -0.4 is 4.74 Å². The van der Waals surface area contributed by atoms with E-state index in [1.54, 1.807) is 0 Å². The average molecular weight is 284 g/mol. The van der Waals surface area contributed by atoms with Crippen molar-refractivity contribution in [2.45, 2.75) is 6.10 Å². The first-order chi connectivity index (χ1) is 6.61. The predicted octanol–water partition coefficient (Wildman–Crippen LogP) is 2.92. The van der Waals surface area contributed by atoms with Crippen molar-refractivity contribution in [2.24, 2.45) is 0 Å². The molecule has 2 nitrogen and oxygen atoms in total. The number of halogens is 3. The molecule has 1 unspecified atom stereocenters. The van der Waals surface area contributed by atoms with Crippen molar-refractivity contribution in [3.05, 3.63) is 28.5 Å². The zero-order valence-corrected chi connectivity index (χ0v) is 9.77. The lowest BCUT2D eigenvalue weighted by Gasteiger charge is -2.14. The summed E-state index contributed by atoms with van der Waals surface area (Å²) in [6, 6.07) is 2.63. The zero-order chi connectivity index (χ0) is 10.7. The van der Waals surface area contributed by atoms with Crippen LogP contribution in [0.4, 0.5) is 4.39 Å². The third-order valence-corrected chi connectivity index (χ3v) is 2.79. The molecule has 14 heavy (non-hydrogen) atoms. The van der Waals surface area contributed by atoms with E-state index in [2.05, 4.69) is 15.9 Å². The Bertz CT molecular complexity index is 333. The lowest BCUT2D eigenvalue weighted by Crippen LogP contribution is -2.03. The van der Waals surface area contributed by atoms with Gasteiger partial charge in [-0.15, -0.1) is 0 Å². The van der Waals surface area contributed by atoms with Crippen LogP contribution in [0.2, 0.25) is 5.02 Å². The summed E-state index contributed by atoms with van der Waals surface area (Å²) >= 11 is 8.80. The standard InChI is InChI=1S/C9H9BrClFO2/c1-14-7-3-2-5(12)9(11)8(7)6(13)4-10/h2-3,6,13H,4H2,1H3. The van der Waals surface area contributed by atoms with Crippen LogP contribution in [0.5, 0.6) is 5.75 Å². The highest BCUT2D eigenvalue weighted by molar-refractivity contribution is 9.09. The van der Waals surface area contributed by atoms with Crippen molar-refractivity contribution in [1.29, 1.82) is 0 Å². The number of ether oxygens (including phenoxy) is 1. The molecule has 0 spiro atoms. The van der Waals surface area contributed by atoms with Crippen LogP contribution in [-0.4, -0.2) is 17.5 Å². The van der Waals surface area contributed by atoms with E-state index < -0.39 is 11.9 Å². The number of aliphatic hydroxyl groups excluding tert-OH is 1. The molecule has 0 amide bonds. The van der Waals surface area contributed by atoms with Crippen molar-refractivity contribution in [3.8, 4) is 5.75 Å². The van der Waals surface area contributed by atoms with E-state index in [4.69, 9.17) is 16.3 Å². The first-order valence-electron chi connectivity index (χ1n) is 3.87. The minimum Gasteiger partial charge on any atom is -0.496 e. The molecule has 1 rings (SSSR count). The van der Waals surface area contributed by atoms with Crippen LogP contribution in [0.1, 0.15) is 11.7 Å². The van der Waals surface area contributed by atoms with E-state index in [1.807, 2.05) is 0 Å². The summed E-state index contributed by atoms with van der Waals surface area (Å²) in [5.41, 5.74) is 0.269. The summed E-state index contributed by atoms with van der Waals surface area (Å²) < 4.78 is 18.1. The molecular weight excluding hydrogens is 274 g/mol. The van der Waals surface area contributed by atoms with Crippen LogP contribution in [0.25, 0.3) is 0 Å². The Balaban J connectivity index is 3.27. The Labute approximate surface area is 94.8 Å². The highest BCUT2D eigenvalue weighted by Crippen LogP contribution is 2.34. The van der Waals surface area contributed by atoms with Gasteiger partial charge in [0.15, 0.2) is 0 Å². The number of hydrogen-bond donors (Lipinski definition) is 1. The summed E-state index contributed by atoms with van der Waals surface area (Å²) in [7, 11) is 1.44. The molecule has 0 saturated carbocycles. The maximum Gasteiger partial charge on any atom is 0.142 e. The number of benzene rings is 1. The second-order valence-corrected chi connectivity index (χ2v) is 3.67. The summed E-state index contributed by atoms with van der Waals surface area (Å²) in [5, 5.41) is 9.74. The summed E-state index contributed by atoms with van der Waals surface area (Å²) in [6.45, 7) is 0. The molecule has 5 heteroatoms. The highest BCUT2D eigenvalue weighted by Gasteiger charge is 2.18. The molecular formula is C9H9BrClFO2. The molecule has 0 fully saturated rings. The van der Waals surface area contributed by atoms with E-state index in [0.29, 0.717) is 5.75 Å². The number of methoxy groups -OCH3 is 1. The smallest absolute Gasteiger partial charge is 0.142 e. The third-order valence-electron chi connectivity index (χ3n) is 1.79. The van der Waals surface area contributed by atoms with Gasteiger partial charge in [0.2, 0.25) is 0 Å². The molecule has 0 aromatic heterocycles. The molecule has 0 radical (unpaired) electrons. The Morgan fingerprint density at radius 3 is 2.79 bits per heavy atom. The third kappa shape index (κ3) is 2.19. The van der Waals surface area contributed by atoms with E-state index in [-0.39, 0.29) is 15.9 Å². The van der Waals surface area contributed by atoms with Gasteiger partial charge in [-0.3, -0.25) is 0 Å². The van der Waals surface area contributed by atoms with E-state index >= 15 is 0 Å². The second-order valence-electron chi connectivity index (χ2n) is 2.65. The van der Waals surface area contributed by atoms with Gasteiger partial charge < -0.3 is 9.84 Å². The molecule has 0 aliphatic heterocycles. The molecule has 0 aliphatic carbocycles. The van der Waals surface area contributed by atoms with Crippen LogP contribution in [-0.2, 0) is 0 Å². The molecule has 1 aromatic rings. The van der Waals surface area contributed by atoms with Crippen molar-refractivity contribution in [3.63, 3.8) is 0 Å². The fourth-order valence-corrected chi connectivity index (χ4v) is 1.72. The van der Waals surface area contributed by atoms with E-state index in [1.165, 1.54) is 19.2 Å². The van der Waals surface area contributed by atoms with Gasteiger partial charge in [0.1, 0.15) is 11.6 Å². The lowest BCUT2D eigenvalue weighted by atomic mass is 10.1. The molecule has 1 aromatic carbocycles. The molecule has 1 N–H and O–H groups in total. The van der Waals surface area contributed by atoms with E-state index in [0.717, 1.165) is 0 Å². The normalized spacial score (nSPS) is 12.6. The minimum atomic E-state index is -0.881. The largest absolute Gasteiger partial charge is 0.496 e. The first kappa shape index (κ1) is 11.8. The zero-order valence-electron chi connectivity index (χ0n) is 7.43. The summed E-state index contributed by atoms with van der Waals surface area (Å²) in [4.78, 5) is 0. The number of hydrogen-bond acceptors (Lipinski definition) is 2. The van der Waals surface area contributed by atoms with Gasteiger partial charge in [-0.1, -0.05) is 27.5 Å². The van der Waals surface area contributed by atoms with Crippen molar-refractivity contribution in [2.75, 3.05) is 12.4 Å². The number of rotatable bonds is 3. The molecule has 0 aliphatic rings. The molecule has 0 saturated heterocycles. The summed E-state index contributed by atoms with van der Waals surface area (Å²) in [6.07, 6.45) is -0.881. The fraction of sp³-hybridized carbons (Fsp3) is 0.333. The van der Waals surface area contributed by atoms with Crippen LogP contribution >= 0.6 is 27.5 Å². The Kier molecular flexibility index (Phi) is 4.16. The summed E-state index contributed by atoms with van der Waals surface area (Å²) in [5.74, 6) is -0.189. The molecule has 0 bridgehead atoms. The number of alkyl halides is 1. The van der Waals surface area contributed by atoms with Gasteiger partial charge in [0.25, 0.3) is 0 Å². The molecule has 0 heterocycles. The maximum absolute atomic E-state index is 13.1. The quantitative estimate of drug-likeness (QED) is 0.864. The maximum atomic E-state index is 13.1. The van der Waals surface area contributed by atoms with Crippen molar-refractivity contribution >= 4 is 27.5 Å². The van der Waals surface area contributed by atoms with Gasteiger partial charge in [-0.05, 0) is 12.1 Å². The van der Waals surface area contributed by atoms with Gasteiger partial charge in [0, 0.05) is 10.9 Å². The second kappa shape index (κ2) is 4.96. The van der Waals surface area contributed by atoms with Gasteiger partial charge in [-0.25, -0.2) is 4.39 Å². The minimum absolute atomic E-state index is 0.101. The molecule has 1 atom stereocenters.